The Hall–Kier alpha value is -2.29. The number of carbonyl (C=O) groups is 1. The van der Waals surface area contributed by atoms with E-state index in [0.717, 1.165) is 23.4 Å². The minimum atomic E-state index is -0.0344. The van der Waals surface area contributed by atoms with Crippen LogP contribution in [-0.4, -0.2) is 12.5 Å². The monoisotopic (exact) mass is 283 g/mol. The van der Waals surface area contributed by atoms with Crippen molar-refractivity contribution in [2.75, 3.05) is 11.9 Å². The fourth-order valence-electron chi connectivity index (χ4n) is 2.02. The summed E-state index contributed by atoms with van der Waals surface area (Å²) in [6.07, 6.45) is 1.34. The first kappa shape index (κ1) is 15.1. The molecular formula is C18H21NO2. The highest BCUT2D eigenvalue weighted by Crippen LogP contribution is 2.16. The molecule has 0 bridgehead atoms. The predicted molar refractivity (Wildman–Crippen MR) is 85.7 cm³/mol. The van der Waals surface area contributed by atoms with Crippen LogP contribution in [0.15, 0.2) is 48.5 Å². The second kappa shape index (κ2) is 7.48. The van der Waals surface area contributed by atoms with Gasteiger partial charge in [-0.15, -0.1) is 0 Å². The van der Waals surface area contributed by atoms with Gasteiger partial charge in [0.15, 0.2) is 0 Å². The van der Waals surface area contributed by atoms with Crippen LogP contribution in [0.2, 0.25) is 0 Å². The molecule has 110 valence electrons. The Morgan fingerprint density at radius 3 is 2.48 bits per heavy atom. The third kappa shape index (κ3) is 4.63. The van der Waals surface area contributed by atoms with E-state index in [4.69, 9.17) is 4.74 Å². The summed E-state index contributed by atoms with van der Waals surface area (Å²) in [6, 6.07) is 15.7. The van der Waals surface area contributed by atoms with Crippen LogP contribution in [-0.2, 0) is 11.2 Å². The van der Waals surface area contributed by atoms with Crippen LogP contribution in [0, 0.1) is 6.92 Å². The number of rotatable bonds is 6. The first-order chi connectivity index (χ1) is 10.2. The summed E-state index contributed by atoms with van der Waals surface area (Å²) in [4.78, 5) is 11.9. The summed E-state index contributed by atoms with van der Waals surface area (Å²) in [5, 5.41) is 2.88. The Balaban J connectivity index is 1.78. The molecule has 0 aliphatic rings. The van der Waals surface area contributed by atoms with Crippen LogP contribution >= 0.6 is 0 Å². The Morgan fingerprint density at radius 1 is 1.10 bits per heavy atom. The topological polar surface area (TPSA) is 38.3 Å². The highest BCUT2D eigenvalue weighted by atomic mass is 16.5. The fourth-order valence-corrected chi connectivity index (χ4v) is 2.02. The summed E-state index contributed by atoms with van der Waals surface area (Å²) in [5.41, 5.74) is 3.16. The molecule has 1 amide bonds. The maximum absolute atomic E-state index is 11.9. The molecule has 0 aliphatic heterocycles. The Kier molecular flexibility index (Phi) is 5.38. The molecule has 0 spiro atoms. The van der Waals surface area contributed by atoms with E-state index in [1.165, 1.54) is 5.56 Å². The predicted octanol–water partition coefficient (Wildman–Crippen LogP) is 3.97. The van der Waals surface area contributed by atoms with Gasteiger partial charge in [0, 0.05) is 5.69 Å². The largest absolute Gasteiger partial charge is 0.493 e. The summed E-state index contributed by atoms with van der Waals surface area (Å²) in [6.45, 7) is 4.48. The van der Waals surface area contributed by atoms with Gasteiger partial charge in [-0.2, -0.15) is 0 Å². The van der Waals surface area contributed by atoms with Gasteiger partial charge in [-0.3, -0.25) is 4.79 Å². The maximum Gasteiger partial charge on any atom is 0.227 e. The number of carbonyl (C=O) groups excluding carboxylic acids is 1. The number of nitrogens with one attached hydrogen (secondary N) is 1. The SMILES string of the molecule is CCc1ccc(NC(=O)CCOc2ccccc2C)cc1. The number of hydrogen-bond acceptors (Lipinski definition) is 2. The molecule has 0 fully saturated rings. The van der Waals surface area contributed by atoms with E-state index in [2.05, 4.69) is 12.2 Å². The summed E-state index contributed by atoms with van der Waals surface area (Å²) in [5.74, 6) is 0.797. The van der Waals surface area contributed by atoms with Crippen molar-refractivity contribution in [2.24, 2.45) is 0 Å². The third-order valence-corrected chi connectivity index (χ3v) is 3.33. The van der Waals surface area contributed by atoms with Gasteiger partial charge in [0.05, 0.1) is 13.0 Å². The lowest BCUT2D eigenvalue weighted by Gasteiger charge is -2.09. The van der Waals surface area contributed by atoms with Gasteiger partial charge in [-0.25, -0.2) is 0 Å². The number of ether oxygens (including phenoxy) is 1. The van der Waals surface area contributed by atoms with Crippen molar-refractivity contribution in [3.05, 3.63) is 59.7 Å². The first-order valence-electron chi connectivity index (χ1n) is 7.26. The lowest BCUT2D eigenvalue weighted by molar-refractivity contribution is -0.116. The van der Waals surface area contributed by atoms with Gasteiger partial charge < -0.3 is 10.1 Å². The van der Waals surface area contributed by atoms with E-state index in [0.29, 0.717) is 13.0 Å². The van der Waals surface area contributed by atoms with Gasteiger partial charge in [0.1, 0.15) is 5.75 Å². The molecule has 0 atom stereocenters. The van der Waals surface area contributed by atoms with Gasteiger partial charge in [0.25, 0.3) is 0 Å². The molecule has 3 nitrogen and oxygen atoms in total. The quantitative estimate of drug-likeness (QED) is 0.871. The van der Waals surface area contributed by atoms with Crippen LogP contribution in [0.1, 0.15) is 24.5 Å². The Labute approximate surface area is 126 Å². The van der Waals surface area contributed by atoms with Crippen molar-refractivity contribution >= 4 is 11.6 Å². The average molecular weight is 283 g/mol. The molecule has 0 aromatic heterocycles. The van der Waals surface area contributed by atoms with Crippen molar-refractivity contribution in [1.82, 2.24) is 0 Å². The van der Waals surface area contributed by atoms with Gasteiger partial charge in [0.2, 0.25) is 5.91 Å². The minimum absolute atomic E-state index is 0.0344. The van der Waals surface area contributed by atoms with Crippen LogP contribution in [0.4, 0.5) is 5.69 Å². The zero-order valence-corrected chi connectivity index (χ0v) is 12.6. The second-order valence-corrected chi connectivity index (χ2v) is 4.96. The normalized spacial score (nSPS) is 10.2. The van der Waals surface area contributed by atoms with Crippen LogP contribution < -0.4 is 10.1 Å². The van der Waals surface area contributed by atoms with Crippen LogP contribution in [0.5, 0.6) is 5.75 Å². The Bertz CT molecular complexity index is 590. The van der Waals surface area contributed by atoms with E-state index in [1.54, 1.807) is 0 Å². The van der Waals surface area contributed by atoms with Gasteiger partial charge in [-0.1, -0.05) is 37.3 Å². The average Bonchev–Trinajstić information content (AvgIpc) is 2.50. The highest BCUT2D eigenvalue weighted by Gasteiger charge is 2.04. The molecule has 0 unspecified atom stereocenters. The lowest BCUT2D eigenvalue weighted by Crippen LogP contribution is -2.15. The molecule has 2 aromatic carbocycles. The molecule has 0 radical (unpaired) electrons. The number of para-hydroxylation sites is 1. The molecule has 1 N–H and O–H groups in total. The first-order valence-corrected chi connectivity index (χ1v) is 7.26. The van der Waals surface area contributed by atoms with Gasteiger partial charge >= 0.3 is 0 Å². The molecule has 21 heavy (non-hydrogen) atoms. The van der Waals surface area contributed by atoms with Crippen molar-refractivity contribution in [3.8, 4) is 5.75 Å². The smallest absolute Gasteiger partial charge is 0.227 e. The van der Waals surface area contributed by atoms with Crippen molar-refractivity contribution in [2.45, 2.75) is 26.7 Å². The highest BCUT2D eigenvalue weighted by molar-refractivity contribution is 5.90. The molecule has 2 aromatic rings. The lowest BCUT2D eigenvalue weighted by atomic mass is 10.1. The summed E-state index contributed by atoms with van der Waals surface area (Å²) in [7, 11) is 0. The van der Waals surface area contributed by atoms with Crippen molar-refractivity contribution in [3.63, 3.8) is 0 Å². The summed E-state index contributed by atoms with van der Waals surface area (Å²) < 4.78 is 5.62. The van der Waals surface area contributed by atoms with E-state index in [9.17, 15) is 4.79 Å². The molecule has 0 saturated heterocycles. The van der Waals surface area contributed by atoms with E-state index in [-0.39, 0.29) is 5.91 Å². The van der Waals surface area contributed by atoms with Crippen molar-refractivity contribution < 1.29 is 9.53 Å². The number of hydrogen-bond donors (Lipinski definition) is 1. The molecular weight excluding hydrogens is 262 g/mol. The standard InChI is InChI=1S/C18H21NO2/c1-3-15-8-10-16(11-9-15)19-18(20)12-13-21-17-7-5-4-6-14(17)2/h4-11H,3,12-13H2,1-2H3,(H,19,20). The van der Waals surface area contributed by atoms with Crippen LogP contribution in [0.3, 0.4) is 0 Å². The minimum Gasteiger partial charge on any atom is -0.493 e. The summed E-state index contributed by atoms with van der Waals surface area (Å²) >= 11 is 0. The number of amides is 1. The fraction of sp³-hybridized carbons (Fsp3) is 0.278. The maximum atomic E-state index is 11.9. The number of anilines is 1. The van der Waals surface area contributed by atoms with E-state index < -0.39 is 0 Å². The van der Waals surface area contributed by atoms with E-state index >= 15 is 0 Å². The number of benzene rings is 2. The molecule has 2 rings (SSSR count). The van der Waals surface area contributed by atoms with E-state index in [1.807, 2.05) is 55.5 Å². The molecule has 0 heterocycles. The second-order valence-electron chi connectivity index (χ2n) is 4.96. The third-order valence-electron chi connectivity index (χ3n) is 3.33. The molecule has 3 heteroatoms. The molecule has 0 aliphatic carbocycles. The Morgan fingerprint density at radius 2 is 1.81 bits per heavy atom. The number of aryl methyl sites for hydroxylation is 2. The van der Waals surface area contributed by atoms with Crippen LogP contribution in [0.25, 0.3) is 0 Å². The zero-order chi connectivity index (χ0) is 15.1. The van der Waals surface area contributed by atoms with Crippen molar-refractivity contribution in [1.29, 1.82) is 0 Å². The van der Waals surface area contributed by atoms with Gasteiger partial charge in [-0.05, 0) is 42.7 Å². The molecule has 0 saturated carbocycles. The zero-order valence-electron chi connectivity index (χ0n) is 12.6.